The van der Waals surface area contributed by atoms with Crippen molar-refractivity contribution >= 4 is 16.8 Å². The largest absolute Gasteiger partial charge is 0.0836 e. The molecular formula is C15H14. The van der Waals surface area contributed by atoms with E-state index >= 15 is 0 Å². The molecule has 0 heteroatoms. The van der Waals surface area contributed by atoms with Gasteiger partial charge in [-0.1, -0.05) is 42.0 Å². The molecule has 74 valence electrons. The monoisotopic (exact) mass is 194 g/mol. The lowest BCUT2D eigenvalue weighted by atomic mass is 9.93. The highest BCUT2D eigenvalue weighted by Gasteiger charge is 2.05. The minimum absolute atomic E-state index is 1.18. The second-order valence-corrected chi connectivity index (χ2v) is 4.34. The fourth-order valence-corrected chi connectivity index (χ4v) is 2.30. The molecule has 0 nitrogen and oxygen atoms in total. The maximum Gasteiger partial charge on any atom is -0.0175 e. The molecule has 15 heavy (non-hydrogen) atoms. The second-order valence-electron chi connectivity index (χ2n) is 4.34. The highest BCUT2D eigenvalue weighted by Crippen LogP contribution is 2.25. The van der Waals surface area contributed by atoms with E-state index in [0.717, 1.165) is 0 Å². The lowest BCUT2D eigenvalue weighted by molar-refractivity contribution is 0.989. The molecule has 0 unspecified atom stereocenters. The van der Waals surface area contributed by atoms with E-state index in [1.165, 1.54) is 40.3 Å². The number of aryl methyl sites for hydroxylation is 2. The number of rotatable bonds is 0. The normalized spacial score (nSPS) is 14.2. The fraction of sp³-hybridized carbons (Fsp3) is 0.200. The lowest BCUT2D eigenvalue weighted by Crippen LogP contribution is -1.93. The van der Waals surface area contributed by atoms with Crippen LogP contribution in [0.5, 0.6) is 0 Å². The Labute approximate surface area is 90.2 Å². The Morgan fingerprint density at radius 1 is 1.00 bits per heavy atom. The van der Waals surface area contributed by atoms with Gasteiger partial charge in [-0.05, 0) is 47.7 Å². The van der Waals surface area contributed by atoms with Crippen LogP contribution in [0.1, 0.15) is 23.1 Å². The summed E-state index contributed by atoms with van der Waals surface area (Å²) in [6.07, 6.45) is 6.89. The third kappa shape index (κ3) is 1.46. The van der Waals surface area contributed by atoms with Crippen LogP contribution in [0.2, 0.25) is 0 Å². The van der Waals surface area contributed by atoms with Crippen LogP contribution in [-0.4, -0.2) is 0 Å². The molecule has 0 heterocycles. The Bertz CT molecular complexity index is 547. The van der Waals surface area contributed by atoms with E-state index < -0.39 is 0 Å². The number of hydrogen-bond acceptors (Lipinski definition) is 0. The topological polar surface area (TPSA) is 0 Å². The van der Waals surface area contributed by atoms with Gasteiger partial charge in [0, 0.05) is 0 Å². The first-order valence-electron chi connectivity index (χ1n) is 5.53. The molecule has 0 N–H and O–H groups in total. The summed E-state index contributed by atoms with van der Waals surface area (Å²) in [6, 6.07) is 11.3. The SMILES string of the molecule is Cc1ccc2cc3c(cc2c1)C=CCC3. The number of allylic oxidation sites excluding steroid dienone is 1. The van der Waals surface area contributed by atoms with Crippen molar-refractivity contribution < 1.29 is 0 Å². The average Bonchev–Trinajstić information content (AvgIpc) is 2.26. The van der Waals surface area contributed by atoms with E-state index in [0.29, 0.717) is 0 Å². The van der Waals surface area contributed by atoms with Gasteiger partial charge in [0.1, 0.15) is 0 Å². The third-order valence-corrected chi connectivity index (χ3v) is 3.13. The Balaban J connectivity index is 2.32. The summed E-state index contributed by atoms with van der Waals surface area (Å²) in [5.74, 6) is 0. The highest BCUT2D eigenvalue weighted by molar-refractivity contribution is 5.87. The molecule has 2 aromatic rings. The van der Waals surface area contributed by atoms with Gasteiger partial charge in [-0.25, -0.2) is 0 Å². The predicted octanol–water partition coefficient (Wildman–Crippen LogP) is 4.11. The Kier molecular flexibility index (Phi) is 1.88. The summed E-state index contributed by atoms with van der Waals surface area (Å²) < 4.78 is 0. The molecule has 0 amide bonds. The zero-order valence-corrected chi connectivity index (χ0v) is 8.96. The Hall–Kier alpha value is -1.56. The van der Waals surface area contributed by atoms with Crippen molar-refractivity contribution in [2.24, 2.45) is 0 Å². The van der Waals surface area contributed by atoms with Gasteiger partial charge in [0.15, 0.2) is 0 Å². The standard InChI is InChI=1S/C15H14/c1-11-6-7-14-9-12-4-2-3-5-13(12)10-15(14)8-11/h3,5-10H,2,4H2,1H3. The number of hydrogen-bond donors (Lipinski definition) is 0. The van der Waals surface area contributed by atoms with Gasteiger partial charge in [-0.15, -0.1) is 0 Å². The van der Waals surface area contributed by atoms with Crippen LogP contribution >= 0.6 is 0 Å². The van der Waals surface area contributed by atoms with Crippen LogP contribution in [-0.2, 0) is 6.42 Å². The Morgan fingerprint density at radius 2 is 1.93 bits per heavy atom. The minimum atomic E-state index is 1.18. The first-order valence-corrected chi connectivity index (χ1v) is 5.53. The first kappa shape index (κ1) is 8.72. The van der Waals surface area contributed by atoms with E-state index in [-0.39, 0.29) is 0 Å². The van der Waals surface area contributed by atoms with Crippen molar-refractivity contribution in [1.29, 1.82) is 0 Å². The van der Waals surface area contributed by atoms with Crippen molar-refractivity contribution in [2.75, 3.05) is 0 Å². The molecule has 0 saturated heterocycles. The average molecular weight is 194 g/mol. The number of benzene rings is 2. The van der Waals surface area contributed by atoms with Crippen molar-refractivity contribution in [2.45, 2.75) is 19.8 Å². The smallest absolute Gasteiger partial charge is 0.0175 e. The van der Waals surface area contributed by atoms with E-state index in [2.05, 4.69) is 49.4 Å². The van der Waals surface area contributed by atoms with Crippen molar-refractivity contribution in [1.82, 2.24) is 0 Å². The van der Waals surface area contributed by atoms with Gasteiger partial charge < -0.3 is 0 Å². The predicted molar refractivity (Wildman–Crippen MR) is 66.0 cm³/mol. The zero-order chi connectivity index (χ0) is 10.3. The molecule has 0 aliphatic heterocycles. The molecule has 0 bridgehead atoms. The summed E-state index contributed by atoms with van der Waals surface area (Å²) in [4.78, 5) is 0. The fourth-order valence-electron chi connectivity index (χ4n) is 2.30. The highest BCUT2D eigenvalue weighted by atomic mass is 14.1. The molecule has 0 spiro atoms. The van der Waals surface area contributed by atoms with E-state index in [1.807, 2.05) is 0 Å². The minimum Gasteiger partial charge on any atom is -0.0836 e. The van der Waals surface area contributed by atoms with Crippen LogP contribution in [0.3, 0.4) is 0 Å². The maximum atomic E-state index is 2.34. The van der Waals surface area contributed by atoms with Crippen LogP contribution in [0, 0.1) is 6.92 Å². The molecule has 0 aromatic heterocycles. The van der Waals surface area contributed by atoms with Crippen molar-refractivity contribution in [3.63, 3.8) is 0 Å². The molecule has 3 rings (SSSR count). The summed E-state index contributed by atoms with van der Waals surface area (Å²) in [7, 11) is 0. The summed E-state index contributed by atoms with van der Waals surface area (Å²) in [6.45, 7) is 2.15. The molecule has 1 aliphatic carbocycles. The molecular weight excluding hydrogens is 180 g/mol. The molecule has 1 aliphatic rings. The van der Waals surface area contributed by atoms with Crippen LogP contribution < -0.4 is 0 Å². The molecule has 0 atom stereocenters. The van der Waals surface area contributed by atoms with E-state index in [9.17, 15) is 0 Å². The second kappa shape index (κ2) is 3.23. The van der Waals surface area contributed by atoms with Crippen LogP contribution in [0.4, 0.5) is 0 Å². The molecule has 2 aromatic carbocycles. The van der Waals surface area contributed by atoms with Gasteiger partial charge >= 0.3 is 0 Å². The third-order valence-electron chi connectivity index (χ3n) is 3.13. The summed E-state index contributed by atoms with van der Waals surface area (Å²) in [5.41, 5.74) is 4.23. The van der Waals surface area contributed by atoms with Crippen LogP contribution in [0.15, 0.2) is 36.4 Å². The summed E-state index contributed by atoms with van der Waals surface area (Å²) >= 11 is 0. The van der Waals surface area contributed by atoms with Gasteiger partial charge in [0.2, 0.25) is 0 Å². The molecule has 0 saturated carbocycles. The molecule has 0 fully saturated rings. The lowest BCUT2D eigenvalue weighted by Gasteiger charge is -2.12. The van der Waals surface area contributed by atoms with Gasteiger partial charge in [0.25, 0.3) is 0 Å². The van der Waals surface area contributed by atoms with Crippen LogP contribution in [0.25, 0.3) is 16.8 Å². The first-order chi connectivity index (χ1) is 7.33. The van der Waals surface area contributed by atoms with Gasteiger partial charge in [-0.2, -0.15) is 0 Å². The zero-order valence-electron chi connectivity index (χ0n) is 8.96. The van der Waals surface area contributed by atoms with E-state index in [4.69, 9.17) is 0 Å². The van der Waals surface area contributed by atoms with Gasteiger partial charge in [-0.3, -0.25) is 0 Å². The van der Waals surface area contributed by atoms with Crippen molar-refractivity contribution in [3.8, 4) is 0 Å². The van der Waals surface area contributed by atoms with Gasteiger partial charge in [0.05, 0.1) is 0 Å². The number of fused-ring (bicyclic) bond motifs is 2. The van der Waals surface area contributed by atoms with E-state index in [1.54, 1.807) is 0 Å². The van der Waals surface area contributed by atoms with Crippen molar-refractivity contribution in [3.05, 3.63) is 53.1 Å². The molecule has 0 radical (unpaired) electrons. The summed E-state index contributed by atoms with van der Waals surface area (Å²) in [5, 5.41) is 2.73. The maximum absolute atomic E-state index is 2.34. The quantitative estimate of drug-likeness (QED) is 0.592. The Morgan fingerprint density at radius 3 is 2.87 bits per heavy atom.